The molecule has 1 aromatic carbocycles. The van der Waals surface area contributed by atoms with Gasteiger partial charge in [0.05, 0.1) is 0 Å². The van der Waals surface area contributed by atoms with E-state index >= 15 is 0 Å². The number of guanidine groups is 1. The van der Waals surface area contributed by atoms with Gasteiger partial charge in [0.25, 0.3) is 0 Å². The lowest BCUT2D eigenvalue weighted by Gasteiger charge is -2.28. The summed E-state index contributed by atoms with van der Waals surface area (Å²) in [7, 11) is 0. The van der Waals surface area contributed by atoms with Gasteiger partial charge in [-0.3, -0.25) is 4.57 Å². The van der Waals surface area contributed by atoms with Crippen LogP contribution >= 0.6 is 0 Å². The molecule has 0 unspecified atom stereocenters. The zero-order valence-corrected chi connectivity index (χ0v) is 15.2. The first-order valence-electron chi connectivity index (χ1n) is 9.25. The van der Waals surface area contributed by atoms with E-state index in [-0.39, 0.29) is 0 Å². The first-order chi connectivity index (χ1) is 12.3. The van der Waals surface area contributed by atoms with Crippen LogP contribution in [0.2, 0.25) is 0 Å². The third-order valence-corrected chi connectivity index (χ3v) is 4.73. The lowest BCUT2D eigenvalue weighted by atomic mass is 9.87. The molecule has 0 aliphatic heterocycles. The molecule has 2 aromatic rings. The van der Waals surface area contributed by atoms with E-state index in [4.69, 9.17) is 4.99 Å². The van der Waals surface area contributed by atoms with Crippen molar-refractivity contribution in [1.29, 1.82) is 0 Å². The molecule has 1 fully saturated rings. The van der Waals surface area contributed by atoms with Gasteiger partial charge in [0.2, 0.25) is 0 Å². The predicted molar refractivity (Wildman–Crippen MR) is 101 cm³/mol. The van der Waals surface area contributed by atoms with E-state index in [1.165, 1.54) is 25.7 Å². The fourth-order valence-electron chi connectivity index (χ4n) is 3.24. The highest BCUT2D eigenvalue weighted by atomic mass is 15.3. The van der Waals surface area contributed by atoms with Gasteiger partial charge < -0.3 is 10.6 Å². The Bertz CT molecular complexity index is 670. The number of hydrogen-bond donors (Lipinski definition) is 2. The summed E-state index contributed by atoms with van der Waals surface area (Å²) in [5, 5.41) is 15.2. The van der Waals surface area contributed by atoms with Crippen molar-refractivity contribution < 1.29 is 0 Å². The Hall–Kier alpha value is -2.37. The Kier molecular flexibility index (Phi) is 6.04. The molecule has 134 valence electrons. The lowest BCUT2D eigenvalue weighted by molar-refractivity contribution is 0.329. The molecule has 3 rings (SSSR count). The number of aromatic nitrogens is 3. The summed E-state index contributed by atoms with van der Waals surface area (Å²) in [6.07, 6.45) is 6.75. The summed E-state index contributed by atoms with van der Waals surface area (Å²) >= 11 is 0. The number of hydrogen-bond acceptors (Lipinski definition) is 3. The first-order valence-corrected chi connectivity index (χ1v) is 9.25. The Morgan fingerprint density at radius 1 is 1.20 bits per heavy atom. The molecule has 0 atom stereocenters. The maximum absolute atomic E-state index is 4.73. The van der Waals surface area contributed by atoms with Crippen LogP contribution in [0.3, 0.4) is 0 Å². The van der Waals surface area contributed by atoms with E-state index < -0.39 is 0 Å². The fourth-order valence-corrected chi connectivity index (χ4v) is 3.24. The van der Waals surface area contributed by atoms with Crippen LogP contribution in [0, 0.1) is 5.92 Å². The highest BCUT2D eigenvalue weighted by molar-refractivity contribution is 5.80. The van der Waals surface area contributed by atoms with Crippen LogP contribution in [0.5, 0.6) is 0 Å². The molecule has 6 heteroatoms. The third kappa shape index (κ3) is 4.81. The average molecular weight is 340 g/mol. The fraction of sp³-hybridized carbons (Fsp3) is 0.526. The Morgan fingerprint density at radius 2 is 1.96 bits per heavy atom. The molecule has 6 nitrogen and oxygen atoms in total. The van der Waals surface area contributed by atoms with Crippen LogP contribution in [-0.2, 0) is 6.54 Å². The van der Waals surface area contributed by atoms with Gasteiger partial charge in [-0.05, 0) is 50.7 Å². The maximum Gasteiger partial charge on any atom is 0.191 e. The molecular formula is C19H28N6. The molecule has 1 aliphatic carbocycles. The zero-order valence-electron chi connectivity index (χ0n) is 15.2. The van der Waals surface area contributed by atoms with Crippen molar-refractivity contribution in [2.24, 2.45) is 10.9 Å². The van der Waals surface area contributed by atoms with Gasteiger partial charge in [-0.15, -0.1) is 10.2 Å². The van der Waals surface area contributed by atoms with Crippen molar-refractivity contribution >= 4 is 5.96 Å². The smallest absolute Gasteiger partial charge is 0.191 e. The number of nitrogens with one attached hydrogen (secondary N) is 2. The van der Waals surface area contributed by atoms with Crippen LogP contribution < -0.4 is 10.6 Å². The maximum atomic E-state index is 4.73. The lowest BCUT2D eigenvalue weighted by Crippen LogP contribution is -2.44. The Labute approximate surface area is 149 Å². The van der Waals surface area contributed by atoms with E-state index in [1.54, 1.807) is 6.33 Å². The molecule has 2 N–H and O–H groups in total. The molecule has 0 saturated heterocycles. The second-order valence-electron chi connectivity index (χ2n) is 6.75. The molecule has 1 saturated carbocycles. The van der Waals surface area contributed by atoms with Gasteiger partial charge >= 0.3 is 0 Å². The van der Waals surface area contributed by atoms with E-state index in [2.05, 4.69) is 34.7 Å². The van der Waals surface area contributed by atoms with Crippen molar-refractivity contribution in [1.82, 2.24) is 25.4 Å². The molecular weight excluding hydrogens is 312 g/mol. The molecule has 0 spiro atoms. The van der Waals surface area contributed by atoms with Crippen molar-refractivity contribution in [2.75, 3.05) is 6.54 Å². The number of nitrogens with zero attached hydrogens (tertiary/aromatic N) is 4. The predicted octanol–water partition coefficient (Wildman–Crippen LogP) is 2.90. The SMILES string of the molecule is CCNC(=NCc1nncn1-c1ccccc1)NC1CCC(C)CC1. The van der Waals surface area contributed by atoms with Gasteiger partial charge in [0, 0.05) is 18.3 Å². The number of rotatable bonds is 5. The minimum atomic E-state index is 0.493. The summed E-state index contributed by atoms with van der Waals surface area (Å²) in [5.41, 5.74) is 1.05. The normalized spacial score (nSPS) is 21.1. The summed E-state index contributed by atoms with van der Waals surface area (Å²) in [6, 6.07) is 10.6. The van der Waals surface area contributed by atoms with E-state index in [0.29, 0.717) is 12.6 Å². The molecule has 0 bridgehead atoms. The minimum Gasteiger partial charge on any atom is -0.357 e. The van der Waals surface area contributed by atoms with Gasteiger partial charge in [-0.2, -0.15) is 0 Å². The van der Waals surface area contributed by atoms with E-state index in [0.717, 1.165) is 29.9 Å². The van der Waals surface area contributed by atoms with Crippen LogP contribution in [0.25, 0.3) is 5.69 Å². The Morgan fingerprint density at radius 3 is 2.68 bits per heavy atom. The summed E-state index contributed by atoms with van der Waals surface area (Å²) in [4.78, 5) is 4.73. The largest absolute Gasteiger partial charge is 0.357 e. The van der Waals surface area contributed by atoms with E-state index in [9.17, 15) is 0 Å². The average Bonchev–Trinajstić information content (AvgIpc) is 3.11. The topological polar surface area (TPSA) is 67.1 Å². The molecule has 0 amide bonds. The highest BCUT2D eigenvalue weighted by Gasteiger charge is 2.19. The quantitative estimate of drug-likeness (QED) is 0.649. The van der Waals surface area contributed by atoms with Gasteiger partial charge in [-0.25, -0.2) is 4.99 Å². The summed E-state index contributed by atoms with van der Waals surface area (Å²) < 4.78 is 1.98. The summed E-state index contributed by atoms with van der Waals surface area (Å²) in [6.45, 7) is 5.77. The van der Waals surface area contributed by atoms with E-state index in [1.807, 2.05) is 34.9 Å². The summed E-state index contributed by atoms with van der Waals surface area (Å²) in [5.74, 6) is 2.55. The molecule has 1 aromatic heterocycles. The zero-order chi connectivity index (χ0) is 17.5. The molecule has 1 heterocycles. The molecule has 25 heavy (non-hydrogen) atoms. The van der Waals surface area contributed by atoms with Crippen molar-refractivity contribution in [2.45, 2.75) is 52.1 Å². The minimum absolute atomic E-state index is 0.493. The standard InChI is InChI=1S/C19H28N6/c1-3-20-19(23-16-11-9-15(2)10-12-16)21-13-18-24-22-14-25(18)17-7-5-4-6-8-17/h4-8,14-16H,3,9-13H2,1-2H3,(H2,20,21,23). The van der Waals surface area contributed by atoms with Gasteiger partial charge in [0.1, 0.15) is 12.9 Å². The number of para-hydroxylation sites is 1. The number of benzene rings is 1. The van der Waals surface area contributed by atoms with Crippen LogP contribution in [0.4, 0.5) is 0 Å². The second-order valence-corrected chi connectivity index (χ2v) is 6.75. The third-order valence-electron chi connectivity index (χ3n) is 4.73. The van der Waals surface area contributed by atoms with Crippen molar-refractivity contribution in [3.05, 3.63) is 42.5 Å². The van der Waals surface area contributed by atoms with Crippen LogP contribution in [-0.4, -0.2) is 33.3 Å². The van der Waals surface area contributed by atoms with Gasteiger partial charge in [0.15, 0.2) is 11.8 Å². The number of aliphatic imine (C=N–C) groups is 1. The van der Waals surface area contributed by atoms with Crippen molar-refractivity contribution in [3.63, 3.8) is 0 Å². The van der Waals surface area contributed by atoms with Crippen molar-refractivity contribution in [3.8, 4) is 5.69 Å². The highest BCUT2D eigenvalue weighted by Crippen LogP contribution is 2.23. The first kappa shape index (κ1) is 17.5. The van der Waals surface area contributed by atoms with Gasteiger partial charge in [-0.1, -0.05) is 25.1 Å². The molecule has 1 aliphatic rings. The second kappa shape index (κ2) is 8.65. The monoisotopic (exact) mass is 340 g/mol. The van der Waals surface area contributed by atoms with Crippen LogP contribution in [0.1, 0.15) is 45.4 Å². The van der Waals surface area contributed by atoms with Crippen LogP contribution in [0.15, 0.2) is 41.7 Å². The molecule has 0 radical (unpaired) electrons. The Balaban J connectivity index is 1.67.